The van der Waals surface area contributed by atoms with Crippen LogP contribution < -0.4 is 0 Å². The van der Waals surface area contributed by atoms with Crippen molar-refractivity contribution >= 4 is 15.8 Å². The molecule has 1 saturated carbocycles. The molecule has 0 spiro atoms. The molecule has 0 aromatic rings. The largest absolute Gasteiger partial charge is 0.493 e. The van der Waals surface area contributed by atoms with Gasteiger partial charge in [-0.3, -0.25) is 9.62 Å². The highest BCUT2D eigenvalue weighted by molar-refractivity contribution is 8.00. The first kappa shape index (κ1) is 16.6. The molecule has 1 aliphatic carbocycles. The fraction of sp³-hybridized carbons (Fsp3) is 0.438. The quantitative estimate of drug-likeness (QED) is 0.231. The molecule has 0 amide bonds. The van der Waals surface area contributed by atoms with Gasteiger partial charge in [0.15, 0.2) is 0 Å². The van der Waals surface area contributed by atoms with Crippen molar-refractivity contribution in [1.29, 1.82) is 5.41 Å². The van der Waals surface area contributed by atoms with E-state index in [-0.39, 0.29) is 5.04 Å². The number of nitrogens with one attached hydrogen (secondary N) is 1. The van der Waals surface area contributed by atoms with Crippen LogP contribution in [-0.4, -0.2) is 21.6 Å². The summed E-state index contributed by atoms with van der Waals surface area (Å²) < 4.78 is 17.5. The van der Waals surface area contributed by atoms with Crippen LogP contribution in [0.15, 0.2) is 48.8 Å². The van der Waals surface area contributed by atoms with E-state index in [1.54, 1.807) is 19.1 Å². The second kappa shape index (κ2) is 8.69. The lowest BCUT2D eigenvalue weighted by Gasteiger charge is -2.09. The lowest BCUT2D eigenvalue weighted by Crippen LogP contribution is -2.08. The fourth-order valence-corrected chi connectivity index (χ4v) is 2.33. The maximum absolute atomic E-state index is 11.8. The summed E-state index contributed by atoms with van der Waals surface area (Å²) in [6.07, 6.45) is 10.3. The number of allylic oxidation sites excluding steroid dienone is 4. The minimum atomic E-state index is -1.27. The first-order chi connectivity index (χ1) is 9.56. The normalized spacial score (nSPS) is 17.4. The van der Waals surface area contributed by atoms with Gasteiger partial charge in [0.05, 0.1) is 28.2 Å². The van der Waals surface area contributed by atoms with Crippen LogP contribution >= 0.6 is 0 Å². The van der Waals surface area contributed by atoms with Crippen LogP contribution in [0.4, 0.5) is 0 Å². The van der Waals surface area contributed by atoms with E-state index >= 15 is 0 Å². The first-order valence-corrected chi connectivity index (χ1v) is 8.08. The highest BCUT2D eigenvalue weighted by Crippen LogP contribution is 2.29. The molecule has 3 nitrogen and oxygen atoms in total. The van der Waals surface area contributed by atoms with Crippen LogP contribution in [0.5, 0.6) is 0 Å². The molecule has 1 aliphatic rings. The van der Waals surface area contributed by atoms with Crippen LogP contribution in [0, 0.1) is 11.3 Å². The molecule has 0 aliphatic heterocycles. The highest BCUT2D eigenvalue weighted by atomic mass is 32.2. The Labute approximate surface area is 124 Å². The zero-order chi connectivity index (χ0) is 15.0. The average molecular weight is 293 g/mol. The molecule has 1 atom stereocenters. The predicted octanol–water partition coefficient (Wildman–Crippen LogP) is 3.73. The smallest absolute Gasteiger partial charge is 0.119 e. The highest BCUT2D eigenvalue weighted by Gasteiger charge is 2.22. The van der Waals surface area contributed by atoms with E-state index in [2.05, 4.69) is 13.2 Å². The number of rotatable bonds is 9. The third-order valence-corrected chi connectivity index (χ3v) is 4.19. The maximum atomic E-state index is 11.8. The summed E-state index contributed by atoms with van der Waals surface area (Å²) in [4.78, 5) is 0. The Hall–Kier alpha value is -1.42. The topological polar surface area (TPSA) is 50.2 Å². The summed E-state index contributed by atoms with van der Waals surface area (Å²) in [5.41, 5.74) is 0.953. The summed E-state index contributed by atoms with van der Waals surface area (Å²) in [5.74, 6) is 1.77. The van der Waals surface area contributed by atoms with Crippen LogP contribution in [0.1, 0.15) is 26.2 Å². The van der Waals surface area contributed by atoms with Gasteiger partial charge in [0, 0.05) is 0 Å². The van der Waals surface area contributed by atoms with Crippen LogP contribution in [0.2, 0.25) is 0 Å². The third kappa shape index (κ3) is 6.66. The van der Waals surface area contributed by atoms with Gasteiger partial charge in [-0.2, -0.15) is 0 Å². The molecule has 1 rings (SSSR count). The van der Waals surface area contributed by atoms with Gasteiger partial charge in [0.1, 0.15) is 5.76 Å². The molecule has 0 heterocycles. The summed E-state index contributed by atoms with van der Waals surface area (Å²) >= 11 is 0. The molecule has 20 heavy (non-hydrogen) atoms. The van der Waals surface area contributed by atoms with Crippen LogP contribution in [-0.2, 0) is 15.5 Å². The van der Waals surface area contributed by atoms with Gasteiger partial charge in [0.25, 0.3) is 0 Å². The summed E-state index contributed by atoms with van der Waals surface area (Å²) in [6, 6.07) is 0. The van der Waals surface area contributed by atoms with Gasteiger partial charge in [-0.1, -0.05) is 18.7 Å². The Morgan fingerprint density at radius 2 is 2.15 bits per heavy atom. The molecule has 1 fully saturated rings. The Kier molecular flexibility index (Phi) is 7.23. The minimum absolute atomic E-state index is 0.188. The van der Waals surface area contributed by atoms with Crippen LogP contribution in [0.25, 0.3) is 0 Å². The summed E-state index contributed by atoms with van der Waals surface area (Å²) in [5, 5.41) is 7.61. The van der Waals surface area contributed by atoms with Crippen molar-refractivity contribution in [2.45, 2.75) is 26.2 Å². The van der Waals surface area contributed by atoms with E-state index in [1.807, 2.05) is 12.2 Å². The van der Waals surface area contributed by atoms with E-state index in [0.29, 0.717) is 18.1 Å². The van der Waals surface area contributed by atoms with Crippen molar-refractivity contribution in [2.75, 3.05) is 12.4 Å². The third-order valence-electron chi connectivity index (χ3n) is 2.88. The van der Waals surface area contributed by atoms with Gasteiger partial charge in [-0.05, 0) is 49.8 Å². The average Bonchev–Trinajstić information content (AvgIpc) is 3.20. The second-order valence-electron chi connectivity index (χ2n) is 4.90. The first-order valence-electron chi connectivity index (χ1n) is 6.76. The molecule has 4 heteroatoms. The van der Waals surface area contributed by atoms with E-state index < -0.39 is 10.8 Å². The lowest BCUT2D eigenvalue weighted by atomic mass is 10.2. The van der Waals surface area contributed by atoms with E-state index in [0.717, 1.165) is 17.9 Å². The molecular weight excluding hydrogens is 270 g/mol. The van der Waals surface area contributed by atoms with Crippen molar-refractivity contribution in [3.63, 3.8) is 0 Å². The Balaban J connectivity index is 2.74. The van der Waals surface area contributed by atoms with Gasteiger partial charge in [-0.25, -0.2) is 0 Å². The number of hydrogen-bond donors (Lipinski definition) is 1. The minimum Gasteiger partial charge on any atom is -0.493 e. The lowest BCUT2D eigenvalue weighted by molar-refractivity contribution is 0.210. The standard InChI is InChI=1S/C16H23NO2S/c1-4-6-15(12-20(18)13(3)17)10-16(7-5-2)19-11-14-8-9-14/h4-5,7,10,14,17H,1-2,6,8-9,11-12H2,3H3/b15-10+,16-7+,17-13?. The van der Waals surface area contributed by atoms with Crippen molar-refractivity contribution < 1.29 is 8.95 Å². The molecule has 0 aromatic carbocycles. The summed E-state index contributed by atoms with van der Waals surface area (Å²) in [6.45, 7) is 9.69. The van der Waals surface area contributed by atoms with E-state index in [1.165, 1.54) is 12.8 Å². The number of hydrogen-bond acceptors (Lipinski definition) is 3. The molecule has 1 unspecified atom stereocenters. The van der Waals surface area contributed by atoms with E-state index in [9.17, 15) is 4.21 Å². The van der Waals surface area contributed by atoms with Crippen LogP contribution in [0.3, 0.4) is 0 Å². The Bertz CT molecular complexity index is 459. The van der Waals surface area contributed by atoms with Crippen molar-refractivity contribution in [2.24, 2.45) is 5.92 Å². The fourth-order valence-electron chi connectivity index (χ4n) is 1.58. The van der Waals surface area contributed by atoms with Gasteiger partial charge < -0.3 is 4.74 Å². The summed E-state index contributed by atoms with van der Waals surface area (Å²) in [7, 11) is -1.27. The van der Waals surface area contributed by atoms with Gasteiger partial charge in [-0.15, -0.1) is 6.58 Å². The molecular formula is C16H23NO2S. The van der Waals surface area contributed by atoms with Gasteiger partial charge in [0.2, 0.25) is 0 Å². The molecule has 0 bridgehead atoms. The van der Waals surface area contributed by atoms with Gasteiger partial charge >= 0.3 is 0 Å². The monoisotopic (exact) mass is 293 g/mol. The van der Waals surface area contributed by atoms with Crippen molar-refractivity contribution in [3.8, 4) is 0 Å². The number of ether oxygens (including phenoxy) is 1. The zero-order valence-electron chi connectivity index (χ0n) is 12.1. The van der Waals surface area contributed by atoms with Crippen molar-refractivity contribution in [3.05, 3.63) is 48.8 Å². The molecule has 0 saturated heterocycles. The van der Waals surface area contributed by atoms with E-state index in [4.69, 9.17) is 10.1 Å². The molecule has 0 aromatic heterocycles. The SMILES string of the molecule is C=C/C=C(\C=C(/CC=C)CS(=O)C(C)=N)OCC1CC1. The predicted molar refractivity (Wildman–Crippen MR) is 86.3 cm³/mol. The Morgan fingerprint density at radius 1 is 1.45 bits per heavy atom. The Morgan fingerprint density at radius 3 is 2.65 bits per heavy atom. The second-order valence-corrected chi connectivity index (χ2v) is 6.49. The maximum Gasteiger partial charge on any atom is 0.119 e. The zero-order valence-corrected chi connectivity index (χ0v) is 12.9. The molecule has 0 radical (unpaired) electrons. The van der Waals surface area contributed by atoms with Crippen molar-refractivity contribution in [1.82, 2.24) is 0 Å². The molecule has 1 N–H and O–H groups in total. The molecule has 110 valence electrons.